The van der Waals surface area contributed by atoms with Crippen molar-refractivity contribution in [1.82, 2.24) is 10.6 Å². The molecule has 0 unspecified atom stereocenters. The molecule has 2 amide bonds. The third kappa shape index (κ3) is 5.76. The molecule has 0 heterocycles. The summed E-state index contributed by atoms with van der Waals surface area (Å²) in [6, 6.07) is 17.3. The molecule has 25 heavy (non-hydrogen) atoms. The highest BCUT2D eigenvalue weighted by atomic mass is 16.5. The van der Waals surface area contributed by atoms with Crippen molar-refractivity contribution in [2.45, 2.75) is 12.5 Å². The lowest BCUT2D eigenvalue weighted by Gasteiger charge is -2.18. The Balaban J connectivity index is 2.07. The Hall–Kier alpha value is -3.15. The highest BCUT2D eigenvalue weighted by Gasteiger charge is 2.20. The van der Waals surface area contributed by atoms with Gasteiger partial charge in [0.2, 0.25) is 0 Å². The van der Waals surface area contributed by atoms with Gasteiger partial charge in [0, 0.05) is 12.6 Å². The first-order chi connectivity index (χ1) is 12.1. The van der Waals surface area contributed by atoms with E-state index in [2.05, 4.69) is 10.6 Å². The van der Waals surface area contributed by atoms with Gasteiger partial charge in [-0.05, 0) is 17.7 Å². The minimum absolute atomic E-state index is 0.0699. The molecule has 2 N–H and O–H groups in total. The van der Waals surface area contributed by atoms with Gasteiger partial charge in [-0.3, -0.25) is 14.4 Å². The maximum absolute atomic E-state index is 12.4. The predicted molar refractivity (Wildman–Crippen MR) is 92.7 cm³/mol. The van der Waals surface area contributed by atoms with Crippen LogP contribution >= 0.6 is 0 Å². The lowest BCUT2D eigenvalue weighted by molar-refractivity contribution is -0.148. The highest BCUT2D eigenvalue weighted by molar-refractivity contribution is 5.94. The van der Waals surface area contributed by atoms with E-state index in [-0.39, 0.29) is 18.9 Å². The van der Waals surface area contributed by atoms with Crippen molar-refractivity contribution in [3.05, 3.63) is 71.8 Å². The molecule has 0 aromatic heterocycles. The standard InChI is InChI=1S/C19H20N2O4/c1-20-17(22)13-25-18(23)12-16(14-8-4-2-5-9-14)21-19(24)15-10-6-3-7-11-15/h2-11,16H,12-13H2,1H3,(H,20,22)(H,21,24)/t16-/m1/s1. The second-order valence-corrected chi connectivity index (χ2v) is 5.34. The van der Waals surface area contributed by atoms with Crippen LogP contribution in [0.1, 0.15) is 28.4 Å². The smallest absolute Gasteiger partial charge is 0.308 e. The number of carbonyl (C=O) groups is 3. The second kappa shape index (κ2) is 9.22. The van der Waals surface area contributed by atoms with Crippen LogP contribution in [0.2, 0.25) is 0 Å². The summed E-state index contributed by atoms with van der Waals surface area (Å²) in [5, 5.41) is 5.21. The first-order valence-corrected chi connectivity index (χ1v) is 7.87. The van der Waals surface area contributed by atoms with E-state index >= 15 is 0 Å². The van der Waals surface area contributed by atoms with Crippen molar-refractivity contribution in [1.29, 1.82) is 0 Å². The number of esters is 1. The summed E-state index contributed by atoms with van der Waals surface area (Å²) in [6.07, 6.45) is -0.0699. The second-order valence-electron chi connectivity index (χ2n) is 5.34. The molecule has 6 nitrogen and oxygen atoms in total. The van der Waals surface area contributed by atoms with Crippen LogP contribution in [0.4, 0.5) is 0 Å². The van der Waals surface area contributed by atoms with Crippen molar-refractivity contribution >= 4 is 17.8 Å². The number of likely N-dealkylation sites (N-methyl/N-ethyl adjacent to an activating group) is 1. The van der Waals surface area contributed by atoms with Gasteiger partial charge in [-0.25, -0.2) is 0 Å². The van der Waals surface area contributed by atoms with Gasteiger partial charge < -0.3 is 15.4 Å². The summed E-state index contributed by atoms with van der Waals surface area (Å²) < 4.78 is 4.93. The van der Waals surface area contributed by atoms with E-state index in [1.54, 1.807) is 24.3 Å². The van der Waals surface area contributed by atoms with Crippen LogP contribution in [-0.2, 0) is 14.3 Å². The molecule has 2 aromatic rings. The lowest BCUT2D eigenvalue weighted by atomic mass is 10.0. The number of nitrogens with one attached hydrogen (secondary N) is 2. The quantitative estimate of drug-likeness (QED) is 0.753. The van der Waals surface area contributed by atoms with Gasteiger partial charge in [0.15, 0.2) is 6.61 Å². The van der Waals surface area contributed by atoms with E-state index in [0.29, 0.717) is 5.56 Å². The van der Waals surface area contributed by atoms with E-state index < -0.39 is 17.9 Å². The van der Waals surface area contributed by atoms with E-state index in [9.17, 15) is 14.4 Å². The molecule has 130 valence electrons. The van der Waals surface area contributed by atoms with Crippen molar-refractivity contribution in [3.8, 4) is 0 Å². The molecule has 0 saturated carbocycles. The summed E-state index contributed by atoms with van der Waals surface area (Å²) in [7, 11) is 1.46. The first-order valence-electron chi connectivity index (χ1n) is 7.87. The van der Waals surface area contributed by atoms with Crippen LogP contribution in [0, 0.1) is 0 Å². The van der Waals surface area contributed by atoms with Gasteiger partial charge in [0.1, 0.15) is 0 Å². The maximum Gasteiger partial charge on any atom is 0.308 e. The van der Waals surface area contributed by atoms with Gasteiger partial charge in [-0.2, -0.15) is 0 Å². The molecule has 0 fully saturated rings. The fraction of sp³-hybridized carbons (Fsp3) is 0.211. The Kier molecular flexibility index (Phi) is 6.71. The van der Waals surface area contributed by atoms with E-state index in [4.69, 9.17) is 4.74 Å². The third-order valence-corrected chi connectivity index (χ3v) is 3.56. The number of amides is 2. The average Bonchev–Trinajstić information content (AvgIpc) is 2.66. The average molecular weight is 340 g/mol. The van der Waals surface area contributed by atoms with Gasteiger partial charge in [-0.1, -0.05) is 48.5 Å². The summed E-state index contributed by atoms with van der Waals surface area (Å²) in [5.74, 6) is -1.24. The van der Waals surface area contributed by atoms with Crippen molar-refractivity contribution in [2.24, 2.45) is 0 Å². The van der Waals surface area contributed by atoms with Crippen molar-refractivity contribution in [3.63, 3.8) is 0 Å². The molecule has 0 aliphatic heterocycles. The minimum atomic E-state index is -0.564. The van der Waals surface area contributed by atoms with E-state index in [1.165, 1.54) is 7.05 Å². The van der Waals surface area contributed by atoms with Gasteiger partial charge in [0.05, 0.1) is 12.5 Å². The van der Waals surface area contributed by atoms with Crippen LogP contribution in [0.5, 0.6) is 0 Å². The molecule has 0 aliphatic rings. The Morgan fingerprint density at radius 2 is 1.56 bits per heavy atom. The number of hydrogen-bond donors (Lipinski definition) is 2. The third-order valence-electron chi connectivity index (χ3n) is 3.56. The van der Waals surface area contributed by atoms with Crippen LogP contribution in [0.25, 0.3) is 0 Å². The number of benzene rings is 2. The van der Waals surface area contributed by atoms with Crippen LogP contribution in [-0.4, -0.2) is 31.4 Å². The maximum atomic E-state index is 12.4. The Bertz CT molecular complexity index is 717. The molecular formula is C19H20N2O4. The zero-order valence-electron chi connectivity index (χ0n) is 13.9. The number of carbonyl (C=O) groups excluding carboxylic acids is 3. The van der Waals surface area contributed by atoms with Crippen molar-refractivity contribution in [2.75, 3.05) is 13.7 Å². The number of rotatable bonds is 7. The molecule has 0 saturated heterocycles. The molecule has 2 aromatic carbocycles. The predicted octanol–water partition coefficient (Wildman–Crippen LogP) is 1.84. The van der Waals surface area contributed by atoms with Crippen LogP contribution in [0.15, 0.2) is 60.7 Å². The lowest BCUT2D eigenvalue weighted by Crippen LogP contribution is -2.31. The largest absolute Gasteiger partial charge is 0.456 e. The van der Waals surface area contributed by atoms with Gasteiger partial charge in [0.25, 0.3) is 11.8 Å². The Labute approximate surface area is 146 Å². The first kappa shape index (κ1) is 18.2. The topological polar surface area (TPSA) is 84.5 Å². The zero-order valence-corrected chi connectivity index (χ0v) is 13.9. The van der Waals surface area contributed by atoms with E-state index in [1.807, 2.05) is 36.4 Å². The Morgan fingerprint density at radius 1 is 0.960 bits per heavy atom. The SMILES string of the molecule is CNC(=O)COC(=O)C[C@@H](NC(=O)c1ccccc1)c1ccccc1. The van der Waals surface area contributed by atoms with Crippen LogP contribution < -0.4 is 10.6 Å². The monoisotopic (exact) mass is 340 g/mol. The Morgan fingerprint density at radius 3 is 2.16 bits per heavy atom. The van der Waals surface area contributed by atoms with E-state index in [0.717, 1.165) is 5.56 Å². The van der Waals surface area contributed by atoms with Gasteiger partial charge in [-0.15, -0.1) is 0 Å². The molecule has 1 atom stereocenters. The number of hydrogen-bond acceptors (Lipinski definition) is 4. The van der Waals surface area contributed by atoms with Gasteiger partial charge >= 0.3 is 5.97 Å². The molecule has 0 aliphatic carbocycles. The molecule has 0 bridgehead atoms. The minimum Gasteiger partial charge on any atom is -0.456 e. The summed E-state index contributed by atoms with van der Waals surface area (Å²) in [6.45, 7) is -0.344. The molecule has 0 spiro atoms. The number of ether oxygens (including phenoxy) is 1. The molecule has 0 radical (unpaired) electrons. The highest BCUT2D eigenvalue weighted by Crippen LogP contribution is 2.18. The zero-order chi connectivity index (χ0) is 18.1. The fourth-order valence-corrected chi connectivity index (χ4v) is 2.21. The van der Waals surface area contributed by atoms with Crippen LogP contribution in [0.3, 0.4) is 0 Å². The molecule has 2 rings (SSSR count). The normalized spacial score (nSPS) is 11.2. The molecular weight excluding hydrogens is 320 g/mol. The fourth-order valence-electron chi connectivity index (χ4n) is 2.21. The summed E-state index contributed by atoms with van der Waals surface area (Å²) in [5.41, 5.74) is 1.28. The summed E-state index contributed by atoms with van der Waals surface area (Å²) >= 11 is 0. The summed E-state index contributed by atoms with van der Waals surface area (Å²) in [4.78, 5) is 35.6. The van der Waals surface area contributed by atoms with Crippen molar-refractivity contribution < 1.29 is 19.1 Å². The molecule has 6 heteroatoms.